The predicted molar refractivity (Wildman–Crippen MR) is 117 cm³/mol. The van der Waals surface area contributed by atoms with E-state index in [9.17, 15) is 18.0 Å². The zero-order chi connectivity index (χ0) is 21.6. The number of para-hydroxylation sites is 1. The van der Waals surface area contributed by atoms with Gasteiger partial charge in [0.15, 0.2) is 0 Å². The standard InChI is InChI=1S/C22H25N3O4S/c1-2-13-23-22(27)19-7-3-4-8-20(19)24-21(26)18-11-9-17(10-12-18)16-30(28,29)25-14-5-6-15-25/h2-4,7-12H,1,5-6,13-16H2,(H,23,27)(H,24,26). The molecular weight excluding hydrogens is 402 g/mol. The molecule has 0 spiro atoms. The van der Waals surface area contributed by atoms with Crippen molar-refractivity contribution in [2.24, 2.45) is 0 Å². The molecule has 1 heterocycles. The molecule has 0 atom stereocenters. The van der Waals surface area contributed by atoms with Crippen molar-refractivity contribution in [2.45, 2.75) is 18.6 Å². The summed E-state index contributed by atoms with van der Waals surface area (Å²) in [5.41, 5.74) is 1.74. The average molecular weight is 428 g/mol. The summed E-state index contributed by atoms with van der Waals surface area (Å²) in [4.78, 5) is 24.9. The van der Waals surface area contributed by atoms with Gasteiger partial charge in [-0.25, -0.2) is 12.7 Å². The minimum absolute atomic E-state index is 0.0821. The molecule has 0 aromatic heterocycles. The molecule has 1 saturated heterocycles. The van der Waals surface area contributed by atoms with Crippen molar-refractivity contribution in [3.8, 4) is 0 Å². The zero-order valence-electron chi connectivity index (χ0n) is 16.6. The maximum atomic E-state index is 12.6. The van der Waals surface area contributed by atoms with Gasteiger partial charge in [-0.2, -0.15) is 0 Å². The SMILES string of the molecule is C=CCNC(=O)c1ccccc1NC(=O)c1ccc(CS(=O)(=O)N2CCCC2)cc1. The highest BCUT2D eigenvalue weighted by Crippen LogP contribution is 2.19. The molecule has 1 fully saturated rings. The largest absolute Gasteiger partial charge is 0.349 e. The normalized spacial score (nSPS) is 14.3. The Morgan fingerprint density at radius 1 is 1.00 bits per heavy atom. The second-order valence-corrected chi connectivity index (χ2v) is 9.03. The van der Waals surface area contributed by atoms with Crippen LogP contribution in [-0.4, -0.2) is 44.2 Å². The Labute approximate surface area is 176 Å². The van der Waals surface area contributed by atoms with Crippen LogP contribution in [-0.2, 0) is 15.8 Å². The van der Waals surface area contributed by atoms with Gasteiger partial charge in [0.2, 0.25) is 10.0 Å². The minimum atomic E-state index is -3.34. The van der Waals surface area contributed by atoms with Crippen LogP contribution in [0.1, 0.15) is 39.1 Å². The number of hydrogen-bond donors (Lipinski definition) is 2. The van der Waals surface area contributed by atoms with Crippen LogP contribution in [0.25, 0.3) is 0 Å². The second-order valence-electron chi connectivity index (χ2n) is 7.06. The van der Waals surface area contributed by atoms with Crippen molar-refractivity contribution in [3.05, 3.63) is 77.9 Å². The summed E-state index contributed by atoms with van der Waals surface area (Å²) >= 11 is 0. The van der Waals surface area contributed by atoms with E-state index in [1.54, 1.807) is 54.6 Å². The molecule has 0 bridgehead atoms. The quantitative estimate of drug-likeness (QED) is 0.633. The molecule has 1 aliphatic heterocycles. The van der Waals surface area contributed by atoms with Crippen LogP contribution >= 0.6 is 0 Å². The van der Waals surface area contributed by atoms with E-state index in [0.29, 0.717) is 42.0 Å². The fourth-order valence-electron chi connectivity index (χ4n) is 3.27. The number of carbonyl (C=O) groups excluding carboxylic acids is 2. The Balaban J connectivity index is 1.68. The number of anilines is 1. The molecule has 0 unspecified atom stereocenters. The monoisotopic (exact) mass is 427 g/mol. The Bertz CT molecular complexity index is 1030. The third-order valence-corrected chi connectivity index (χ3v) is 6.70. The topological polar surface area (TPSA) is 95.6 Å². The van der Waals surface area contributed by atoms with Crippen LogP contribution in [0.3, 0.4) is 0 Å². The fraction of sp³-hybridized carbons (Fsp3) is 0.273. The van der Waals surface area contributed by atoms with Gasteiger partial charge in [-0.05, 0) is 42.7 Å². The van der Waals surface area contributed by atoms with Gasteiger partial charge in [-0.15, -0.1) is 6.58 Å². The van der Waals surface area contributed by atoms with Crippen molar-refractivity contribution in [3.63, 3.8) is 0 Å². The summed E-state index contributed by atoms with van der Waals surface area (Å²) < 4.78 is 26.4. The maximum absolute atomic E-state index is 12.6. The van der Waals surface area contributed by atoms with Crippen molar-refractivity contribution >= 4 is 27.5 Å². The Morgan fingerprint density at radius 3 is 2.33 bits per heavy atom. The van der Waals surface area contributed by atoms with Gasteiger partial charge in [0.25, 0.3) is 11.8 Å². The molecular formula is C22H25N3O4S. The first-order valence-electron chi connectivity index (χ1n) is 9.77. The molecule has 2 aromatic rings. The third-order valence-electron chi connectivity index (χ3n) is 4.85. The van der Waals surface area contributed by atoms with Gasteiger partial charge in [0.1, 0.15) is 0 Å². The van der Waals surface area contributed by atoms with Gasteiger partial charge in [0, 0.05) is 25.2 Å². The first kappa shape index (κ1) is 21.7. The second kappa shape index (κ2) is 9.69. The average Bonchev–Trinajstić information content (AvgIpc) is 3.29. The third kappa shape index (κ3) is 5.34. The van der Waals surface area contributed by atoms with Crippen molar-refractivity contribution in [2.75, 3.05) is 25.0 Å². The Kier molecular flexibility index (Phi) is 7.02. The minimum Gasteiger partial charge on any atom is -0.349 e. The highest BCUT2D eigenvalue weighted by Gasteiger charge is 2.25. The summed E-state index contributed by atoms with van der Waals surface area (Å²) in [5.74, 6) is -0.775. The van der Waals surface area contributed by atoms with Gasteiger partial charge >= 0.3 is 0 Å². The van der Waals surface area contributed by atoms with Gasteiger partial charge in [-0.1, -0.05) is 30.3 Å². The lowest BCUT2D eigenvalue weighted by Gasteiger charge is -2.15. The van der Waals surface area contributed by atoms with E-state index in [1.807, 2.05) is 0 Å². The molecule has 1 aliphatic rings. The smallest absolute Gasteiger partial charge is 0.255 e. The van der Waals surface area contributed by atoms with E-state index < -0.39 is 10.0 Å². The number of nitrogens with zero attached hydrogens (tertiary/aromatic N) is 1. The molecule has 2 N–H and O–H groups in total. The van der Waals surface area contributed by atoms with Crippen LogP contribution in [0.15, 0.2) is 61.2 Å². The molecule has 2 amide bonds. The van der Waals surface area contributed by atoms with Crippen molar-refractivity contribution < 1.29 is 18.0 Å². The first-order chi connectivity index (χ1) is 14.4. The number of nitrogens with one attached hydrogen (secondary N) is 2. The van der Waals surface area contributed by atoms with Gasteiger partial charge in [-0.3, -0.25) is 9.59 Å². The summed E-state index contributed by atoms with van der Waals surface area (Å²) in [5, 5.41) is 5.43. The predicted octanol–water partition coefficient (Wildman–Crippen LogP) is 2.78. The fourth-order valence-corrected chi connectivity index (χ4v) is 4.88. The van der Waals surface area contributed by atoms with Crippen LogP contribution < -0.4 is 10.6 Å². The Hall–Kier alpha value is -2.97. The van der Waals surface area contributed by atoms with Gasteiger partial charge in [0.05, 0.1) is 17.0 Å². The number of hydrogen-bond acceptors (Lipinski definition) is 4. The molecule has 3 rings (SSSR count). The van der Waals surface area contributed by atoms with Crippen LogP contribution in [0.5, 0.6) is 0 Å². The summed E-state index contributed by atoms with van der Waals surface area (Å²) in [6.07, 6.45) is 3.36. The zero-order valence-corrected chi connectivity index (χ0v) is 17.5. The van der Waals surface area contributed by atoms with E-state index in [1.165, 1.54) is 4.31 Å². The maximum Gasteiger partial charge on any atom is 0.255 e. The number of carbonyl (C=O) groups is 2. The molecule has 0 radical (unpaired) electrons. The molecule has 0 aliphatic carbocycles. The number of amides is 2. The number of sulfonamides is 1. The van der Waals surface area contributed by atoms with Gasteiger partial charge < -0.3 is 10.6 Å². The molecule has 7 nitrogen and oxygen atoms in total. The first-order valence-corrected chi connectivity index (χ1v) is 11.4. The molecule has 0 saturated carbocycles. The highest BCUT2D eigenvalue weighted by molar-refractivity contribution is 7.88. The highest BCUT2D eigenvalue weighted by atomic mass is 32.2. The number of benzene rings is 2. The number of rotatable bonds is 8. The van der Waals surface area contributed by atoms with E-state index in [0.717, 1.165) is 12.8 Å². The summed E-state index contributed by atoms with van der Waals surface area (Å²) in [6.45, 7) is 5.03. The molecule has 158 valence electrons. The Morgan fingerprint density at radius 2 is 1.67 bits per heavy atom. The van der Waals surface area contributed by atoms with Crippen molar-refractivity contribution in [1.82, 2.24) is 9.62 Å². The van der Waals surface area contributed by atoms with E-state index in [-0.39, 0.29) is 17.6 Å². The molecule has 30 heavy (non-hydrogen) atoms. The molecule has 8 heteroatoms. The van der Waals surface area contributed by atoms with Crippen LogP contribution in [0.2, 0.25) is 0 Å². The van der Waals surface area contributed by atoms with E-state index in [4.69, 9.17) is 0 Å². The lowest BCUT2D eigenvalue weighted by molar-refractivity contribution is 0.0959. The summed E-state index contributed by atoms with van der Waals surface area (Å²) in [6, 6.07) is 13.2. The van der Waals surface area contributed by atoms with Crippen LogP contribution in [0, 0.1) is 0 Å². The van der Waals surface area contributed by atoms with E-state index >= 15 is 0 Å². The van der Waals surface area contributed by atoms with E-state index in [2.05, 4.69) is 17.2 Å². The lowest BCUT2D eigenvalue weighted by Crippen LogP contribution is -2.29. The van der Waals surface area contributed by atoms with Crippen molar-refractivity contribution in [1.29, 1.82) is 0 Å². The molecule has 2 aromatic carbocycles. The summed E-state index contributed by atoms with van der Waals surface area (Å²) in [7, 11) is -3.34. The van der Waals surface area contributed by atoms with Crippen LogP contribution in [0.4, 0.5) is 5.69 Å². The lowest BCUT2D eigenvalue weighted by atomic mass is 10.1.